The van der Waals surface area contributed by atoms with Crippen LogP contribution in [-0.2, 0) is 0 Å². The zero-order valence-corrected chi connectivity index (χ0v) is 31.5. The fourth-order valence-corrected chi connectivity index (χ4v) is 7.78. The van der Waals surface area contributed by atoms with Gasteiger partial charge in [-0.15, -0.1) is 0 Å². The van der Waals surface area contributed by atoms with Gasteiger partial charge < -0.3 is 9.47 Å². The Morgan fingerprint density at radius 3 is 0.889 bits per heavy atom. The van der Waals surface area contributed by atoms with Gasteiger partial charge in [0.25, 0.3) is 0 Å². The van der Waals surface area contributed by atoms with Crippen molar-refractivity contribution in [3.05, 3.63) is 14.3 Å². The summed E-state index contributed by atoms with van der Waals surface area (Å²) in [7, 11) is 0. The fraction of sp³-hybridized carbons (Fsp3) is 0.800. The van der Waals surface area contributed by atoms with Crippen LogP contribution in [0.4, 0.5) is 0 Å². The number of hydrogen-bond acceptors (Lipinski definition) is 2. The molecule has 0 saturated heterocycles. The van der Waals surface area contributed by atoms with Gasteiger partial charge in [0, 0.05) is 7.14 Å². The molecule has 0 N–H and O–H groups in total. The third-order valence-corrected chi connectivity index (χ3v) is 14.0. The van der Waals surface area contributed by atoms with E-state index < -0.39 is 0 Å². The Morgan fingerprint density at radius 2 is 0.611 bits per heavy atom. The standard InChI is InChI=1S/C30H50I4O2/c1-3-5-7-9-11-13-15-17-19-21-23-35-29-27(33)25(31)26(32)28(34)30(29)36-24-22-20-18-16-14-12-10-8-6-4-2/h3-24H2,1-2H3. The van der Waals surface area contributed by atoms with E-state index in [0.717, 1.165) is 37.6 Å². The predicted octanol–water partition coefficient (Wildman–Crippen LogP) is 12.7. The maximum atomic E-state index is 6.36. The molecule has 0 unspecified atom stereocenters. The van der Waals surface area contributed by atoms with Crippen molar-refractivity contribution < 1.29 is 9.47 Å². The molecule has 0 bridgehead atoms. The third kappa shape index (κ3) is 16.1. The van der Waals surface area contributed by atoms with Gasteiger partial charge in [0.1, 0.15) is 0 Å². The molecule has 1 aromatic rings. The molecule has 0 heterocycles. The van der Waals surface area contributed by atoms with E-state index in [9.17, 15) is 0 Å². The number of ether oxygens (including phenoxy) is 2. The number of unbranched alkanes of at least 4 members (excludes halogenated alkanes) is 18. The Labute approximate surface area is 277 Å². The smallest absolute Gasteiger partial charge is 0.176 e. The van der Waals surface area contributed by atoms with Crippen LogP contribution in [0.15, 0.2) is 0 Å². The molecule has 0 aliphatic rings. The summed E-state index contributed by atoms with van der Waals surface area (Å²) in [4.78, 5) is 0. The Hall–Kier alpha value is 1.74. The average Bonchev–Trinajstić information content (AvgIpc) is 2.88. The number of hydrogen-bond donors (Lipinski definition) is 0. The zero-order valence-electron chi connectivity index (χ0n) is 22.9. The highest BCUT2D eigenvalue weighted by Crippen LogP contribution is 2.43. The topological polar surface area (TPSA) is 18.5 Å². The molecule has 0 atom stereocenters. The summed E-state index contributed by atoms with van der Waals surface area (Å²) in [5, 5.41) is 0. The highest BCUT2D eigenvalue weighted by molar-refractivity contribution is 14.1. The van der Waals surface area contributed by atoms with Gasteiger partial charge >= 0.3 is 0 Å². The summed E-state index contributed by atoms with van der Waals surface area (Å²) < 4.78 is 17.7. The maximum absolute atomic E-state index is 6.36. The Kier molecular flexibility index (Phi) is 24.4. The second kappa shape index (κ2) is 24.5. The first-order valence-corrected chi connectivity index (χ1v) is 19.0. The van der Waals surface area contributed by atoms with Gasteiger partial charge in [-0.1, -0.05) is 129 Å². The zero-order chi connectivity index (χ0) is 26.4. The molecule has 0 aromatic heterocycles. The van der Waals surface area contributed by atoms with Crippen molar-refractivity contribution in [1.29, 1.82) is 0 Å². The van der Waals surface area contributed by atoms with Crippen LogP contribution in [0.2, 0.25) is 0 Å². The van der Waals surface area contributed by atoms with Crippen molar-refractivity contribution in [3.8, 4) is 11.5 Å². The fourth-order valence-electron chi connectivity index (χ4n) is 4.38. The van der Waals surface area contributed by atoms with E-state index in [-0.39, 0.29) is 0 Å². The molecule has 0 spiro atoms. The summed E-state index contributed by atoms with van der Waals surface area (Å²) >= 11 is 9.78. The molecular formula is C30H50I4O2. The van der Waals surface area contributed by atoms with Crippen molar-refractivity contribution >= 4 is 90.4 Å². The van der Waals surface area contributed by atoms with Crippen molar-refractivity contribution in [2.45, 2.75) is 142 Å². The lowest BCUT2D eigenvalue weighted by Crippen LogP contribution is -2.08. The van der Waals surface area contributed by atoms with E-state index in [1.165, 1.54) is 130 Å². The molecule has 210 valence electrons. The first kappa shape index (κ1) is 35.8. The van der Waals surface area contributed by atoms with Crippen molar-refractivity contribution in [1.82, 2.24) is 0 Å². The summed E-state index contributed by atoms with van der Waals surface area (Å²) in [6, 6.07) is 0. The van der Waals surface area contributed by atoms with Crippen LogP contribution in [0.5, 0.6) is 11.5 Å². The Morgan fingerprint density at radius 1 is 0.361 bits per heavy atom. The molecule has 6 heteroatoms. The van der Waals surface area contributed by atoms with Gasteiger partial charge in [0.05, 0.1) is 20.4 Å². The lowest BCUT2D eigenvalue weighted by molar-refractivity contribution is 0.255. The molecule has 2 nitrogen and oxygen atoms in total. The Bertz CT molecular complexity index is 625. The van der Waals surface area contributed by atoms with Crippen LogP contribution in [0.1, 0.15) is 142 Å². The van der Waals surface area contributed by atoms with Gasteiger partial charge in [-0.25, -0.2) is 0 Å². The minimum absolute atomic E-state index is 0.786. The Balaban J connectivity index is 2.34. The van der Waals surface area contributed by atoms with E-state index >= 15 is 0 Å². The number of benzene rings is 1. The van der Waals surface area contributed by atoms with Gasteiger partial charge in [-0.2, -0.15) is 0 Å². The lowest BCUT2D eigenvalue weighted by atomic mass is 10.1. The molecule has 0 aliphatic carbocycles. The highest BCUT2D eigenvalue weighted by atomic mass is 127. The molecule has 0 saturated carbocycles. The molecule has 1 aromatic carbocycles. The summed E-state index contributed by atoms with van der Waals surface area (Å²) in [6.07, 6.45) is 26.9. The summed E-state index contributed by atoms with van der Waals surface area (Å²) in [6.45, 7) is 6.14. The molecule has 0 fully saturated rings. The second-order valence-electron chi connectivity index (χ2n) is 9.98. The van der Waals surface area contributed by atoms with Gasteiger partial charge in [-0.05, 0) is 103 Å². The normalized spacial score (nSPS) is 11.3. The third-order valence-electron chi connectivity index (χ3n) is 6.67. The molecule has 0 aliphatic heterocycles. The lowest BCUT2D eigenvalue weighted by Gasteiger charge is -2.18. The van der Waals surface area contributed by atoms with Crippen LogP contribution in [0, 0.1) is 14.3 Å². The molecular weight excluding hydrogens is 900 g/mol. The van der Waals surface area contributed by atoms with Crippen LogP contribution < -0.4 is 9.47 Å². The van der Waals surface area contributed by atoms with Crippen molar-refractivity contribution in [2.75, 3.05) is 13.2 Å². The van der Waals surface area contributed by atoms with Crippen molar-refractivity contribution in [3.63, 3.8) is 0 Å². The summed E-state index contributed by atoms with van der Waals surface area (Å²) in [5.74, 6) is 1.93. The monoisotopic (exact) mass is 950 g/mol. The van der Waals surface area contributed by atoms with Crippen LogP contribution >= 0.6 is 90.4 Å². The number of halogens is 4. The van der Waals surface area contributed by atoms with Gasteiger partial charge in [0.15, 0.2) is 11.5 Å². The van der Waals surface area contributed by atoms with Gasteiger partial charge in [0.2, 0.25) is 0 Å². The van der Waals surface area contributed by atoms with E-state index in [1.54, 1.807) is 0 Å². The molecule has 1 rings (SSSR count). The second-order valence-corrected chi connectivity index (χ2v) is 14.3. The largest absolute Gasteiger partial charge is 0.489 e. The quantitative estimate of drug-likeness (QED) is 0.0445. The maximum Gasteiger partial charge on any atom is 0.176 e. The SMILES string of the molecule is CCCCCCCCCCCCOc1c(I)c(I)c(I)c(I)c1OCCCCCCCCCCCC. The molecule has 36 heavy (non-hydrogen) atoms. The number of rotatable bonds is 24. The van der Waals surface area contributed by atoms with Crippen molar-refractivity contribution in [2.24, 2.45) is 0 Å². The minimum Gasteiger partial charge on any atom is -0.489 e. The molecule has 0 amide bonds. The first-order chi connectivity index (χ1) is 17.5. The van der Waals surface area contributed by atoms with Crippen LogP contribution in [0.3, 0.4) is 0 Å². The summed E-state index contributed by atoms with van der Waals surface area (Å²) in [5.41, 5.74) is 0. The predicted molar refractivity (Wildman–Crippen MR) is 192 cm³/mol. The average molecular weight is 950 g/mol. The van der Waals surface area contributed by atoms with Crippen LogP contribution in [-0.4, -0.2) is 13.2 Å². The van der Waals surface area contributed by atoms with Gasteiger partial charge in [-0.3, -0.25) is 0 Å². The van der Waals surface area contributed by atoms with Crippen LogP contribution in [0.25, 0.3) is 0 Å². The highest BCUT2D eigenvalue weighted by Gasteiger charge is 2.21. The van der Waals surface area contributed by atoms with E-state index in [1.807, 2.05) is 0 Å². The van der Waals surface area contributed by atoms with E-state index in [4.69, 9.17) is 9.47 Å². The minimum atomic E-state index is 0.786. The first-order valence-electron chi connectivity index (χ1n) is 14.7. The molecule has 0 radical (unpaired) electrons. The van der Waals surface area contributed by atoms with E-state index in [0.29, 0.717) is 0 Å². The van der Waals surface area contributed by atoms with E-state index in [2.05, 4.69) is 104 Å².